The van der Waals surface area contributed by atoms with E-state index in [-0.39, 0.29) is 10.8 Å². The minimum Gasteiger partial charge on any atom is -0.310 e. The highest BCUT2D eigenvalue weighted by Gasteiger charge is 2.61. The predicted octanol–water partition coefficient (Wildman–Crippen LogP) is 18.5. The lowest BCUT2D eigenvalue weighted by atomic mass is 9.43. The molecule has 0 aliphatic heterocycles. The molecular weight excluding hydrogens is 843 g/mol. The maximum Gasteiger partial charge on any atom is 0.0540 e. The molecule has 6 aliphatic rings. The van der Waals surface area contributed by atoms with Crippen LogP contribution in [0.25, 0.3) is 77.2 Å². The van der Waals surface area contributed by atoms with E-state index in [9.17, 15) is 0 Å². The van der Waals surface area contributed by atoms with Crippen LogP contribution in [0.5, 0.6) is 0 Å². The van der Waals surface area contributed by atoms with Gasteiger partial charge in [-0.3, -0.25) is 0 Å². The molecule has 1 heteroatoms. The third kappa shape index (κ3) is 5.61. The Balaban J connectivity index is 0.914. The fraction of sp³-hybridized carbons (Fsp3) is 0.188. The number of nitrogens with zero attached hydrogens (tertiary/aromatic N) is 1. The van der Waals surface area contributed by atoms with Crippen molar-refractivity contribution < 1.29 is 0 Å². The zero-order chi connectivity index (χ0) is 46.3. The van der Waals surface area contributed by atoms with E-state index >= 15 is 0 Å². The largest absolute Gasteiger partial charge is 0.310 e. The van der Waals surface area contributed by atoms with Gasteiger partial charge in [0, 0.05) is 27.8 Å². The molecule has 336 valence electrons. The van der Waals surface area contributed by atoms with Crippen LogP contribution < -0.4 is 4.90 Å². The van der Waals surface area contributed by atoms with Crippen molar-refractivity contribution in [2.24, 2.45) is 23.7 Å². The van der Waals surface area contributed by atoms with Gasteiger partial charge >= 0.3 is 0 Å². The molecule has 4 bridgehead atoms. The lowest BCUT2D eigenvalue weighted by Crippen LogP contribution is -2.55. The number of anilines is 3. The van der Waals surface area contributed by atoms with Crippen LogP contribution in [0, 0.1) is 23.7 Å². The van der Waals surface area contributed by atoms with Crippen molar-refractivity contribution in [1.29, 1.82) is 0 Å². The lowest BCUT2D eigenvalue weighted by molar-refractivity contribution is -0.0399. The van der Waals surface area contributed by atoms with E-state index < -0.39 is 0 Å². The Morgan fingerprint density at radius 1 is 0.357 bits per heavy atom. The maximum absolute atomic E-state index is 2.66. The van der Waals surface area contributed by atoms with E-state index in [1.807, 2.05) is 0 Å². The van der Waals surface area contributed by atoms with Crippen LogP contribution in [-0.4, -0.2) is 0 Å². The third-order valence-electron chi connectivity index (χ3n) is 18.3. The first-order chi connectivity index (χ1) is 34.4. The summed E-state index contributed by atoms with van der Waals surface area (Å²) in [6.45, 7) is 4.79. The van der Waals surface area contributed by atoms with Gasteiger partial charge in [0.1, 0.15) is 0 Å². The molecule has 0 heterocycles. The standard InChI is InChI=1S/C69H55N/c1-68(2)63-26-10-7-20-58(63)62-25-14-24-61(67(62)68)54-18-6-5-17-52(54)46-29-32-49(33-30-46)70(66-28-12-9-21-60(66)55-23-13-22-53-51-16-4-3-15-45(51)31-35-56(53)55)50-34-36-59-57-19-8-11-27-64(57)69(65(59)42-50)47-38-43-37-44(40-47)41-48(69)39-43/h3-36,42-44,47-48H,37-41H2,1-2H3. The molecule has 1 nitrogen and oxygen atoms in total. The number of para-hydroxylation sites is 1. The number of rotatable bonds is 6. The molecule has 0 unspecified atom stereocenters. The van der Waals surface area contributed by atoms with E-state index in [1.165, 1.54) is 132 Å². The highest BCUT2D eigenvalue weighted by Crippen LogP contribution is 2.70. The Kier molecular flexibility index (Phi) is 8.67. The van der Waals surface area contributed by atoms with Crippen molar-refractivity contribution in [2.75, 3.05) is 4.90 Å². The van der Waals surface area contributed by atoms with Crippen LogP contribution in [0.4, 0.5) is 17.1 Å². The molecular formula is C69H55N. The molecule has 0 aromatic heterocycles. The molecule has 0 saturated heterocycles. The molecule has 4 saturated carbocycles. The summed E-state index contributed by atoms with van der Waals surface area (Å²) in [6, 6.07) is 81.1. The molecule has 1 spiro atoms. The van der Waals surface area contributed by atoms with Gasteiger partial charge in [-0.15, -0.1) is 0 Å². The summed E-state index contributed by atoms with van der Waals surface area (Å²) >= 11 is 0. The van der Waals surface area contributed by atoms with Crippen LogP contribution in [0.3, 0.4) is 0 Å². The van der Waals surface area contributed by atoms with E-state index in [1.54, 1.807) is 11.1 Å². The van der Waals surface area contributed by atoms with Gasteiger partial charge in [0.15, 0.2) is 0 Å². The third-order valence-corrected chi connectivity index (χ3v) is 18.3. The highest BCUT2D eigenvalue weighted by atomic mass is 15.1. The molecule has 70 heavy (non-hydrogen) atoms. The molecule has 10 aromatic rings. The smallest absolute Gasteiger partial charge is 0.0540 e. The van der Waals surface area contributed by atoms with Crippen molar-refractivity contribution >= 4 is 38.6 Å². The first-order valence-electron chi connectivity index (χ1n) is 25.9. The van der Waals surface area contributed by atoms with E-state index in [0.717, 1.165) is 17.5 Å². The summed E-state index contributed by atoms with van der Waals surface area (Å²) < 4.78 is 0. The Morgan fingerprint density at radius 3 is 1.67 bits per heavy atom. The Bertz CT molecular complexity index is 3750. The minimum absolute atomic E-state index is 0.0678. The first kappa shape index (κ1) is 40.4. The van der Waals surface area contributed by atoms with Gasteiger partial charge in [0.05, 0.1) is 5.69 Å². The van der Waals surface area contributed by atoms with Crippen LogP contribution in [0.15, 0.2) is 212 Å². The topological polar surface area (TPSA) is 3.24 Å². The summed E-state index contributed by atoms with van der Waals surface area (Å²) in [5.74, 6) is 3.17. The Hall–Kier alpha value is -7.48. The number of benzene rings is 10. The second-order valence-corrected chi connectivity index (χ2v) is 22.0. The van der Waals surface area contributed by atoms with Gasteiger partial charge in [-0.25, -0.2) is 0 Å². The molecule has 16 rings (SSSR count). The predicted molar refractivity (Wildman–Crippen MR) is 293 cm³/mol. The van der Waals surface area contributed by atoms with Gasteiger partial charge in [0.2, 0.25) is 0 Å². The summed E-state index contributed by atoms with van der Waals surface area (Å²) in [5, 5.41) is 5.12. The van der Waals surface area contributed by atoms with Crippen molar-refractivity contribution in [3.8, 4) is 55.6 Å². The second kappa shape index (κ2) is 15.0. The summed E-state index contributed by atoms with van der Waals surface area (Å²) in [5.41, 5.74) is 22.7. The van der Waals surface area contributed by atoms with Crippen LogP contribution in [-0.2, 0) is 10.8 Å². The number of hydrogen-bond donors (Lipinski definition) is 0. The van der Waals surface area contributed by atoms with Crippen LogP contribution in [0.2, 0.25) is 0 Å². The zero-order valence-electron chi connectivity index (χ0n) is 40.0. The Labute approximate surface area is 412 Å². The average molecular weight is 898 g/mol. The fourth-order valence-corrected chi connectivity index (χ4v) is 15.7. The number of fused-ring (bicyclic) bond motifs is 9. The SMILES string of the molecule is CC1(C)c2ccccc2-c2cccc(-c3ccccc3-c3ccc(N(c4ccc5c(c4)C4(c6ccccc6-5)C5CC6CC(C5)CC4C6)c4ccccc4-c4cccc5c4ccc4ccccc45)cc3)c21. The molecule has 0 N–H and O–H groups in total. The lowest BCUT2D eigenvalue weighted by Gasteiger charge is -2.61. The fourth-order valence-electron chi connectivity index (χ4n) is 15.7. The van der Waals surface area contributed by atoms with Gasteiger partial charge < -0.3 is 4.90 Å². The van der Waals surface area contributed by atoms with Crippen molar-refractivity contribution in [3.63, 3.8) is 0 Å². The summed E-state index contributed by atoms with van der Waals surface area (Å²) in [4.78, 5) is 2.59. The average Bonchev–Trinajstić information content (AvgIpc) is 3.83. The van der Waals surface area contributed by atoms with Gasteiger partial charge in [-0.05, 0) is 180 Å². The highest BCUT2D eigenvalue weighted by molar-refractivity contribution is 6.13. The molecule has 4 fully saturated rings. The van der Waals surface area contributed by atoms with Crippen molar-refractivity contribution in [3.05, 3.63) is 235 Å². The quantitative estimate of drug-likeness (QED) is 0.150. The second-order valence-electron chi connectivity index (χ2n) is 22.0. The van der Waals surface area contributed by atoms with Crippen molar-refractivity contribution in [2.45, 2.75) is 56.8 Å². The van der Waals surface area contributed by atoms with Gasteiger partial charge in [-0.1, -0.05) is 196 Å². The van der Waals surface area contributed by atoms with E-state index in [4.69, 9.17) is 0 Å². The molecule has 0 atom stereocenters. The summed E-state index contributed by atoms with van der Waals surface area (Å²) in [7, 11) is 0. The minimum atomic E-state index is -0.114. The first-order valence-corrected chi connectivity index (χ1v) is 25.9. The van der Waals surface area contributed by atoms with E-state index in [0.29, 0.717) is 11.8 Å². The van der Waals surface area contributed by atoms with Gasteiger partial charge in [0.25, 0.3) is 0 Å². The Morgan fingerprint density at radius 2 is 0.900 bits per heavy atom. The van der Waals surface area contributed by atoms with Gasteiger partial charge in [-0.2, -0.15) is 0 Å². The molecule has 6 aliphatic carbocycles. The van der Waals surface area contributed by atoms with Crippen molar-refractivity contribution in [1.82, 2.24) is 0 Å². The zero-order valence-corrected chi connectivity index (χ0v) is 40.0. The molecule has 10 aromatic carbocycles. The number of hydrogen-bond acceptors (Lipinski definition) is 1. The molecule has 0 amide bonds. The van der Waals surface area contributed by atoms with Crippen LogP contribution >= 0.6 is 0 Å². The van der Waals surface area contributed by atoms with E-state index in [2.05, 4.69) is 231 Å². The summed E-state index contributed by atoms with van der Waals surface area (Å²) in [6.07, 6.45) is 6.92. The normalized spacial score (nSPS) is 21.7. The van der Waals surface area contributed by atoms with Crippen LogP contribution in [0.1, 0.15) is 68.2 Å². The maximum atomic E-state index is 2.66. The monoisotopic (exact) mass is 897 g/mol. The molecule has 0 radical (unpaired) electrons.